The zero-order chi connectivity index (χ0) is 11.9. The van der Waals surface area contributed by atoms with Gasteiger partial charge in [0.1, 0.15) is 0 Å². The van der Waals surface area contributed by atoms with Crippen molar-refractivity contribution in [2.24, 2.45) is 5.41 Å². The summed E-state index contributed by atoms with van der Waals surface area (Å²) in [4.78, 5) is 14.0. The highest BCUT2D eigenvalue weighted by atomic mass is 16.5. The highest BCUT2D eigenvalue weighted by Crippen LogP contribution is 2.32. The monoisotopic (exact) mass is 215 g/mol. The molecule has 0 saturated heterocycles. The molecular weight excluding hydrogens is 190 g/mol. The lowest BCUT2D eigenvalue weighted by atomic mass is 9.79. The third-order valence-corrected chi connectivity index (χ3v) is 2.69. The molecule has 0 aliphatic rings. The van der Waals surface area contributed by atoms with E-state index < -0.39 is 0 Å². The molecule has 0 aromatic heterocycles. The van der Waals surface area contributed by atoms with Gasteiger partial charge in [-0.2, -0.15) is 0 Å². The molecule has 0 bridgehead atoms. The highest BCUT2D eigenvalue weighted by Gasteiger charge is 2.38. The number of methoxy groups -OCH3 is 1. The predicted octanol–water partition coefficient (Wildman–Crippen LogP) is 2.31. The van der Waals surface area contributed by atoms with Crippen molar-refractivity contribution in [2.45, 2.75) is 39.5 Å². The molecule has 0 saturated carbocycles. The van der Waals surface area contributed by atoms with Crippen LogP contribution >= 0.6 is 0 Å². The maximum Gasteiger partial charge on any atom is 0.313 e. The van der Waals surface area contributed by atoms with E-state index >= 15 is 0 Å². The maximum absolute atomic E-state index is 11.9. The molecule has 3 nitrogen and oxygen atoms in total. The van der Waals surface area contributed by atoms with Crippen LogP contribution in [0.15, 0.2) is 0 Å². The molecule has 0 aromatic rings. The summed E-state index contributed by atoms with van der Waals surface area (Å²) in [7, 11) is 5.49. The summed E-state index contributed by atoms with van der Waals surface area (Å²) in [5, 5.41) is 0. The molecular formula is C12H25NO2. The topological polar surface area (TPSA) is 29.5 Å². The van der Waals surface area contributed by atoms with Gasteiger partial charge in [0.15, 0.2) is 0 Å². The first-order chi connectivity index (χ1) is 7.02. The first-order valence-corrected chi connectivity index (χ1v) is 5.75. The van der Waals surface area contributed by atoms with E-state index in [4.69, 9.17) is 4.74 Å². The van der Waals surface area contributed by atoms with Gasteiger partial charge in [-0.3, -0.25) is 4.79 Å². The second-order valence-electron chi connectivity index (χ2n) is 4.51. The molecule has 15 heavy (non-hydrogen) atoms. The van der Waals surface area contributed by atoms with Crippen molar-refractivity contribution in [3.05, 3.63) is 0 Å². The smallest absolute Gasteiger partial charge is 0.313 e. The molecule has 0 aliphatic heterocycles. The standard InChI is InChI=1S/C12H25NO2/c1-6-8-12(9-7-2,10-13(3)4)11(14)15-5/h6-10H2,1-5H3. The van der Waals surface area contributed by atoms with Crippen molar-refractivity contribution in [1.29, 1.82) is 0 Å². The number of rotatable bonds is 7. The molecule has 0 N–H and O–H groups in total. The van der Waals surface area contributed by atoms with Gasteiger partial charge in [-0.1, -0.05) is 26.7 Å². The number of hydrogen-bond donors (Lipinski definition) is 0. The molecule has 0 aliphatic carbocycles. The Labute approximate surface area is 93.8 Å². The van der Waals surface area contributed by atoms with Crippen LogP contribution in [0.1, 0.15) is 39.5 Å². The van der Waals surface area contributed by atoms with Crippen molar-refractivity contribution < 1.29 is 9.53 Å². The van der Waals surface area contributed by atoms with Gasteiger partial charge in [0.2, 0.25) is 0 Å². The number of carbonyl (C=O) groups excluding carboxylic acids is 1. The largest absolute Gasteiger partial charge is 0.469 e. The number of hydrogen-bond acceptors (Lipinski definition) is 3. The van der Waals surface area contributed by atoms with E-state index in [-0.39, 0.29) is 11.4 Å². The van der Waals surface area contributed by atoms with Crippen LogP contribution in [0.25, 0.3) is 0 Å². The van der Waals surface area contributed by atoms with Gasteiger partial charge in [-0.25, -0.2) is 0 Å². The fourth-order valence-electron chi connectivity index (χ4n) is 2.33. The van der Waals surface area contributed by atoms with Crippen LogP contribution in [-0.2, 0) is 9.53 Å². The quantitative estimate of drug-likeness (QED) is 0.610. The van der Waals surface area contributed by atoms with E-state index in [0.29, 0.717) is 0 Å². The van der Waals surface area contributed by atoms with Gasteiger partial charge in [-0.05, 0) is 26.9 Å². The van der Waals surface area contributed by atoms with Crippen molar-refractivity contribution in [3.63, 3.8) is 0 Å². The molecule has 0 amide bonds. The Morgan fingerprint density at radius 2 is 1.67 bits per heavy atom. The molecule has 0 aromatic carbocycles. The average Bonchev–Trinajstić information content (AvgIpc) is 2.16. The van der Waals surface area contributed by atoms with Gasteiger partial charge in [-0.15, -0.1) is 0 Å². The molecule has 0 rings (SSSR count). The molecule has 3 heteroatoms. The minimum Gasteiger partial charge on any atom is -0.469 e. The fraction of sp³-hybridized carbons (Fsp3) is 0.917. The number of esters is 1. The van der Waals surface area contributed by atoms with Crippen LogP contribution in [0, 0.1) is 5.41 Å². The van der Waals surface area contributed by atoms with E-state index in [1.54, 1.807) is 0 Å². The molecule has 0 heterocycles. The molecule has 0 fully saturated rings. The third kappa shape index (κ3) is 4.20. The third-order valence-electron chi connectivity index (χ3n) is 2.69. The Kier molecular flexibility index (Phi) is 6.57. The fourth-order valence-corrected chi connectivity index (χ4v) is 2.33. The molecule has 0 unspecified atom stereocenters. The van der Waals surface area contributed by atoms with Gasteiger partial charge < -0.3 is 9.64 Å². The Bertz CT molecular complexity index is 184. The molecule has 0 radical (unpaired) electrons. The zero-order valence-corrected chi connectivity index (χ0v) is 10.8. The van der Waals surface area contributed by atoms with Crippen LogP contribution in [0.3, 0.4) is 0 Å². The minimum atomic E-state index is -0.304. The second kappa shape index (κ2) is 6.83. The maximum atomic E-state index is 11.9. The Hall–Kier alpha value is -0.570. The average molecular weight is 215 g/mol. The number of carbonyl (C=O) groups is 1. The Morgan fingerprint density at radius 1 is 1.20 bits per heavy atom. The first kappa shape index (κ1) is 14.4. The normalized spacial score (nSPS) is 11.9. The van der Waals surface area contributed by atoms with E-state index in [2.05, 4.69) is 18.7 Å². The Balaban J connectivity index is 4.79. The van der Waals surface area contributed by atoms with Crippen LogP contribution in [0.2, 0.25) is 0 Å². The second-order valence-corrected chi connectivity index (χ2v) is 4.51. The van der Waals surface area contributed by atoms with Gasteiger partial charge >= 0.3 is 5.97 Å². The summed E-state index contributed by atoms with van der Waals surface area (Å²) in [5.74, 6) is -0.0556. The summed E-state index contributed by atoms with van der Waals surface area (Å²) in [6.07, 6.45) is 3.85. The van der Waals surface area contributed by atoms with Crippen molar-refractivity contribution >= 4 is 5.97 Å². The summed E-state index contributed by atoms with van der Waals surface area (Å²) in [6, 6.07) is 0. The first-order valence-electron chi connectivity index (χ1n) is 5.75. The van der Waals surface area contributed by atoms with E-state index in [9.17, 15) is 4.79 Å². The van der Waals surface area contributed by atoms with Crippen molar-refractivity contribution in [1.82, 2.24) is 4.90 Å². The highest BCUT2D eigenvalue weighted by molar-refractivity contribution is 5.77. The Morgan fingerprint density at radius 3 is 1.93 bits per heavy atom. The van der Waals surface area contributed by atoms with E-state index in [1.165, 1.54) is 7.11 Å². The minimum absolute atomic E-state index is 0.0556. The lowest BCUT2D eigenvalue weighted by Gasteiger charge is -2.33. The molecule has 0 atom stereocenters. The summed E-state index contributed by atoms with van der Waals surface area (Å²) < 4.78 is 4.96. The summed E-state index contributed by atoms with van der Waals surface area (Å²) in [6.45, 7) is 5.01. The van der Waals surface area contributed by atoms with Crippen LogP contribution in [0.5, 0.6) is 0 Å². The van der Waals surface area contributed by atoms with Gasteiger partial charge in [0.25, 0.3) is 0 Å². The van der Waals surface area contributed by atoms with Crippen LogP contribution in [-0.4, -0.2) is 38.6 Å². The SMILES string of the molecule is CCCC(CCC)(CN(C)C)C(=O)OC. The van der Waals surface area contributed by atoms with Gasteiger partial charge in [0.05, 0.1) is 12.5 Å². The summed E-state index contributed by atoms with van der Waals surface area (Å²) >= 11 is 0. The van der Waals surface area contributed by atoms with Gasteiger partial charge in [0, 0.05) is 6.54 Å². The zero-order valence-electron chi connectivity index (χ0n) is 10.8. The van der Waals surface area contributed by atoms with E-state index in [1.807, 2.05) is 14.1 Å². The lowest BCUT2D eigenvalue weighted by molar-refractivity contribution is -0.155. The predicted molar refractivity (Wildman–Crippen MR) is 62.8 cm³/mol. The van der Waals surface area contributed by atoms with Crippen molar-refractivity contribution in [2.75, 3.05) is 27.7 Å². The van der Waals surface area contributed by atoms with Crippen LogP contribution in [0.4, 0.5) is 0 Å². The molecule has 90 valence electrons. The summed E-state index contributed by atoms with van der Waals surface area (Å²) in [5.41, 5.74) is -0.304. The molecule has 0 spiro atoms. The lowest BCUT2D eigenvalue weighted by Crippen LogP contribution is -2.41. The van der Waals surface area contributed by atoms with Crippen LogP contribution < -0.4 is 0 Å². The number of nitrogens with zero attached hydrogens (tertiary/aromatic N) is 1. The van der Waals surface area contributed by atoms with E-state index in [0.717, 1.165) is 32.2 Å². The number of ether oxygens (including phenoxy) is 1. The van der Waals surface area contributed by atoms with Crippen molar-refractivity contribution in [3.8, 4) is 0 Å².